The Kier molecular flexibility index (Phi) is 18.2. The van der Waals surface area contributed by atoms with E-state index in [-0.39, 0.29) is 72.3 Å². The second-order valence-electron chi connectivity index (χ2n) is 1.48. The van der Waals surface area contributed by atoms with E-state index in [0.29, 0.717) is 6.61 Å². The third-order valence-corrected chi connectivity index (χ3v) is 1.18. The number of hydrogen-bond acceptors (Lipinski definition) is 5. The van der Waals surface area contributed by atoms with E-state index < -0.39 is 7.82 Å². The smallest absolute Gasteiger partial charge is 0.790 e. The molecular formula is C4H9Na2O5P. The predicted octanol–water partition coefficient (Wildman–Crippen LogP) is -7.12. The van der Waals surface area contributed by atoms with Crippen molar-refractivity contribution < 1.29 is 82.7 Å². The average Bonchev–Trinajstić information content (AvgIpc) is 1.78. The van der Waals surface area contributed by atoms with E-state index in [1.165, 1.54) is 0 Å². The molecule has 0 N–H and O–H groups in total. The summed E-state index contributed by atoms with van der Waals surface area (Å²) in [5.41, 5.74) is 0. The van der Waals surface area contributed by atoms with Crippen LogP contribution in [0.2, 0.25) is 0 Å². The Morgan fingerprint density at radius 2 is 1.75 bits per heavy atom. The van der Waals surface area contributed by atoms with Crippen molar-refractivity contribution in [3.63, 3.8) is 0 Å². The molecule has 62 valence electrons. The maximum atomic E-state index is 9.79. The van der Waals surface area contributed by atoms with E-state index in [2.05, 4.69) is 4.52 Å². The first-order valence-corrected chi connectivity index (χ1v) is 4.26. The Balaban J connectivity index is -0.000000405. The zero-order chi connectivity index (χ0) is 8.04. The fourth-order valence-corrected chi connectivity index (χ4v) is 0.650. The molecule has 0 atom stereocenters. The predicted molar refractivity (Wildman–Crippen MR) is 30.1 cm³/mol. The molecule has 0 bridgehead atoms. The van der Waals surface area contributed by atoms with Crippen molar-refractivity contribution in [2.45, 2.75) is 6.92 Å². The van der Waals surface area contributed by atoms with Gasteiger partial charge in [-0.05, 0) is 6.92 Å². The third-order valence-electron chi connectivity index (χ3n) is 0.681. The Bertz CT molecular complexity index is 127. The first-order chi connectivity index (χ1) is 4.56. The van der Waals surface area contributed by atoms with Crippen LogP contribution < -0.4 is 68.9 Å². The SMILES string of the molecule is CCOCCOP(=O)([O-])[O-].[Na+].[Na+]. The normalized spacial score (nSPS) is 9.92. The minimum atomic E-state index is -4.79. The zero-order valence-corrected chi connectivity index (χ0v) is 12.5. The van der Waals surface area contributed by atoms with E-state index in [1.807, 2.05) is 0 Å². The largest absolute Gasteiger partial charge is 1.00 e. The van der Waals surface area contributed by atoms with Gasteiger partial charge in [0.15, 0.2) is 0 Å². The molecule has 12 heavy (non-hydrogen) atoms. The van der Waals surface area contributed by atoms with Gasteiger partial charge in [0.05, 0.1) is 21.0 Å². The summed E-state index contributed by atoms with van der Waals surface area (Å²) >= 11 is 0. The molecule has 0 aromatic rings. The van der Waals surface area contributed by atoms with Crippen molar-refractivity contribution in [1.29, 1.82) is 0 Å². The van der Waals surface area contributed by atoms with E-state index in [0.717, 1.165) is 0 Å². The number of phosphoric acid groups is 1. The maximum absolute atomic E-state index is 9.79. The van der Waals surface area contributed by atoms with Crippen molar-refractivity contribution in [2.75, 3.05) is 19.8 Å². The average molecular weight is 214 g/mol. The monoisotopic (exact) mass is 214 g/mol. The van der Waals surface area contributed by atoms with Crippen LogP contribution in [0.1, 0.15) is 6.92 Å². The molecule has 5 nitrogen and oxygen atoms in total. The molecule has 0 spiro atoms. The van der Waals surface area contributed by atoms with Crippen LogP contribution in [0.25, 0.3) is 0 Å². The molecule has 0 radical (unpaired) electrons. The minimum absolute atomic E-state index is 0. The molecule has 8 heteroatoms. The summed E-state index contributed by atoms with van der Waals surface area (Å²) in [5, 5.41) is 0. The zero-order valence-electron chi connectivity index (χ0n) is 7.61. The van der Waals surface area contributed by atoms with Crippen molar-refractivity contribution in [3.8, 4) is 0 Å². The van der Waals surface area contributed by atoms with E-state index >= 15 is 0 Å². The summed E-state index contributed by atoms with van der Waals surface area (Å²) in [6, 6.07) is 0. The maximum Gasteiger partial charge on any atom is 1.00 e. The molecule has 0 aromatic carbocycles. The van der Waals surface area contributed by atoms with Crippen LogP contribution in [0.15, 0.2) is 0 Å². The van der Waals surface area contributed by atoms with Crippen LogP contribution in [0.4, 0.5) is 0 Å². The van der Waals surface area contributed by atoms with Crippen LogP contribution >= 0.6 is 7.82 Å². The molecule has 0 unspecified atom stereocenters. The molecule has 0 saturated heterocycles. The number of rotatable bonds is 5. The summed E-state index contributed by atoms with van der Waals surface area (Å²) in [5.74, 6) is 0. The minimum Gasteiger partial charge on any atom is -0.790 e. The Labute approximate surface area is 116 Å². The number of phosphoric ester groups is 1. The van der Waals surface area contributed by atoms with Crippen LogP contribution in [-0.4, -0.2) is 19.8 Å². The van der Waals surface area contributed by atoms with Gasteiger partial charge in [0.2, 0.25) is 0 Å². The van der Waals surface area contributed by atoms with Gasteiger partial charge in [-0.1, -0.05) is 0 Å². The fourth-order valence-electron chi connectivity index (χ4n) is 0.352. The number of ether oxygens (including phenoxy) is 1. The Morgan fingerprint density at radius 3 is 2.08 bits per heavy atom. The van der Waals surface area contributed by atoms with E-state index in [9.17, 15) is 14.4 Å². The van der Waals surface area contributed by atoms with Crippen LogP contribution in [0, 0.1) is 0 Å². The van der Waals surface area contributed by atoms with Gasteiger partial charge in [-0.15, -0.1) is 0 Å². The molecule has 0 saturated carbocycles. The van der Waals surface area contributed by atoms with Gasteiger partial charge in [-0.25, -0.2) is 0 Å². The van der Waals surface area contributed by atoms with Crippen molar-refractivity contribution in [1.82, 2.24) is 0 Å². The van der Waals surface area contributed by atoms with Gasteiger partial charge < -0.3 is 23.6 Å². The molecule has 0 heterocycles. The van der Waals surface area contributed by atoms with Gasteiger partial charge >= 0.3 is 59.1 Å². The molecule has 0 aliphatic heterocycles. The second kappa shape index (κ2) is 11.1. The first-order valence-electron chi connectivity index (χ1n) is 2.80. The molecule has 0 aliphatic rings. The van der Waals surface area contributed by atoms with E-state index in [1.54, 1.807) is 6.92 Å². The van der Waals surface area contributed by atoms with Crippen LogP contribution in [0.3, 0.4) is 0 Å². The molecular weight excluding hydrogens is 205 g/mol. The second-order valence-corrected chi connectivity index (χ2v) is 2.63. The topological polar surface area (TPSA) is 81.7 Å². The summed E-state index contributed by atoms with van der Waals surface area (Å²) in [6.07, 6.45) is 0. The molecule has 0 aromatic heterocycles. The van der Waals surface area contributed by atoms with Gasteiger partial charge in [0, 0.05) is 6.61 Å². The molecule has 0 fully saturated rings. The summed E-state index contributed by atoms with van der Waals surface area (Å²) < 4.78 is 18.3. The van der Waals surface area contributed by atoms with Gasteiger partial charge in [-0.2, -0.15) is 0 Å². The summed E-state index contributed by atoms with van der Waals surface area (Å²) in [7, 11) is -4.79. The third kappa shape index (κ3) is 18.0. The Hall–Kier alpha value is 2.07. The van der Waals surface area contributed by atoms with E-state index in [4.69, 9.17) is 4.74 Å². The number of hydrogen-bond donors (Lipinski definition) is 0. The summed E-state index contributed by atoms with van der Waals surface area (Å²) in [4.78, 5) is 19.6. The van der Waals surface area contributed by atoms with Crippen LogP contribution in [-0.2, 0) is 13.8 Å². The molecule has 0 amide bonds. The first kappa shape index (κ1) is 19.6. The molecule has 0 aliphatic carbocycles. The Morgan fingerprint density at radius 1 is 1.25 bits per heavy atom. The van der Waals surface area contributed by atoms with Gasteiger partial charge in [0.1, 0.15) is 0 Å². The quantitative estimate of drug-likeness (QED) is 0.258. The molecule has 0 rings (SSSR count). The fraction of sp³-hybridized carbons (Fsp3) is 1.00. The summed E-state index contributed by atoms with van der Waals surface area (Å²) in [6.45, 7) is 2.17. The van der Waals surface area contributed by atoms with Crippen molar-refractivity contribution in [3.05, 3.63) is 0 Å². The van der Waals surface area contributed by atoms with Gasteiger partial charge in [0.25, 0.3) is 0 Å². The van der Waals surface area contributed by atoms with Gasteiger partial charge in [-0.3, -0.25) is 0 Å². The van der Waals surface area contributed by atoms with Crippen molar-refractivity contribution in [2.24, 2.45) is 0 Å². The van der Waals surface area contributed by atoms with Crippen molar-refractivity contribution >= 4 is 7.82 Å². The standard InChI is InChI=1S/C4H11O5P.2Na/c1-2-8-3-4-9-10(5,6)7;;/h2-4H2,1H3,(H2,5,6,7);;/q;2*+1/p-2. The van der Waals surface area contributed by atoms with Crippen LogP contribution in [0.5, 0.6) is 0 Å².